The molecule has 0 radical (unpaired) electrons. The Labute approximate surface area is 122 Å². The molecule has 0 spiro atoms. The molecule has 104 valence electrons. The van der Waals surface area contributed by atoms with E-state index in [1.54, 1.807) is 12.1 Å². The highest BCUT2D eigenvalue weighted by Crippen LogP contribution is 2.25. The average molecular weight is 291 g/mol. The summed E-state index contributed by atoms with van der Waals surface area (Å²) < 4.78 is 5.59. The second kappa shape index (κ2) is 6.91. The minimum absolute atomic E-state index is 0.287. The first-order valence-electron chi connectivity index (χ1n) is 6.35. The van der Waals surface area contributed by atoms with Crippen molar-refractivity contribution in [3.63, 3.8) is 0 Å². The number of hydrogen-bond donors (Lipinski definition) is 1. The number of anilines is 1. The van der Waals surface area contributed by atoms with Crippen LogP contribution in [-0.4, -0.2) is 17.5 Å². The van der Waals surface area contributed by atoms with Crippen molar-refractivity contribution in [3.8, 4) is 5.75 Å². The number of para-hydroxylation sites is 2. The quantitative estimate of drug-likeness (QED) is 0.912. The Kier molecular flexibility index (Phi) is 4.96. The van der Waals surface area contributed by atoms with E-state index in [-0.39, 0.29) is 5.91 Å². The van der Waals surface area contributed by atoms with E-state index in [0.717, 1.165) is 6.42 Å². The standard InChI is InChI=1S/C15H15ClN2O2/c1-2-9-20-14-6-4-3-5-13(14)18-15(19)11-7-8-17-10-12(11)16/h3-8,10H,2,9H2,1H3,(H,18,19). The maximum Gasteiger partial charge on any atom is 0.257 e. The molecule has 0 fully saturated rings. The molecule has 0 saturated heterocycles. The van der Waals surface area contributed by atoms with Gasteiger partial charge in [0.1, 0.15) is 5.75 Å². The summed E-state index contributed by atoms with van der Waals surface area (Å²) in [5, 5.41) is 3.12. The summed E-state index contributed by atoms with van der Waals surface area (Å²) in [7, 11) is 0. The third-order valence-electron chi connectivity index (χ3n) is 2.61. The number of hydrogen-bond acceptors (Lipinski definition) is 3. The van der Waals surface area contributed by atoms with Crippen molar-refractivity contribution in [2.75, 3.05) is 11.9 Å². The molecule has 1 heterocycles. The number of nitrogens with one attached hydrogen (secondary N) is 1. The van der Waals surface area contributed by atoms with E-state index in [1.165, 1.54) is 12.4 Å². The molecule has 1 amide bonds. The monoisotopic (exact) mass is 290 g/mol. The highest BCUT2D eigenvalue weighted by atomic mass is 35.5. The molecule has 0 aliphatic rings. The van der Waals surface area contributed by atoms with Crippen LogP contribution in [0.5, 0.6) is 5.75 Å². The van der Waals surface area contributed by atoms with Gasteiger partial charge in [0.2, 0.25) is 0 Å². The smallest absolute Gasteiger partial charge is 0.257 e. The van der Waals surface area contributed by atoms with Gasteiger partial charge in [0.05, 0.1) is 22.9 Å². The van der Waals surface area contributed by atoms with Crippen LogP contribution in [0.2, 0.25) is 5.02 Å². The Hall–Kier alpha value is -2.07. The molecule has 0 unspecified atom stereocenters. The minimum atomic E-state index is -0.287. The Morgan fingerprint density at radius 1 is 1.35 bits per heavy atom. The Bertz CT molecular complexity index is 602. The zero-order valence-electron chi connectivity index (χ0n) is 11.1. The average Bonchev–Trinajstić information content (AvgIpc) is 2.46. The Morgan fingerprint density at radius 3 is 2.90 bits per heavy atom. The zero-order valence-corrected chi connectivity index (χ0v) is 11.9. The summed E-state index contributed by atoms with van der Waals surface area (Å²) in [6.07, 6.45) is 3.87. The topological polar surface area (TPSA) is 51.2 Å². The number of carbonyl (C=O) groups excluding carboxylic acids is 1. The van der Waals surface area contributed by atoms with E-state index in [4.69, 9.17) is 16.3 Å². The van der Waals surface area contributed by atoms with Gasteiger partial charge in [-0.3, -0.25) is 9.78 Å². The van der Waals surface area contributed by atoms with Gasteiger partial charge in [-0.15, -0.1) is 0 Å². The molecule has 0 bridgehead atoms. The molecule has 5 heteroatoms. The van der Waals surface area contributed by atoms with Gasteiger partial charge in [0, 0.05) is 12.4 Å². The number of halogens is 1. The third-order valence-corrected chi connectivity index (χ3v) is 2.92. The van der Waals surface area contributed by atoms with E-state index in [1.807, 2.05) is 25.1 Å². The van der Waals surface area contributed by atoms with E-state index in [0.29, 0.717) is 28.6 Å². The largest absolute Gasteiger partial charge is 0.491 e. The zero-order chi connectivity index (χ0) is 14.4. The van der Waals surface area contributed by atoms with Gasteiger partial charge in [-0.05, 0) is 24.6 Å². The molecular formula is C15H15ClN2O2. The summed E-state index contributed by atoms with van der Waals surface area (Å²) in [4.78, 5) is 16.0. The number of carbonyl (C=O) groups is 1. The van der Waals surface area contributed by atoms with Crippen LogP contribution in [-0.2, 0) is 0 Å². The maximum atomic E-state index is 12.2. The van der Waals surface area contributed by atoms with Crippen LogP contribution in [0.15, 0.2) is 42.7 Å². The van der Waals surface area contributed by atoms with Crippen molar-refractivity contribution in [3.05, 3.63) is 53.3 Å². The van der Waals surface area contributed by atoms with Gasteiger partial charge in [-0.25, -0.2) is 0 Å². The SMILES string of the molecule is CCCOc1ccccc1NC(=O)c1ccncc1Cl. The fourth-order valence-corrected chi connectivity index (χ4v) is 1.86. The summed E-state index contributed by atoms with van der Waals surface area (Å²) in [6, 6.07) is 8.88. The summed E-state index contributed by atoms with van der Waals surface area (Å²) in [5.74, 6) is 0.359. The molecule has 4 nitrogen and oxygen atoms in total. The maximum absolute atomic E-state index is 12.2. The molecule has 20 heavy (non-hydrogen) atoms. The number of nitrogens with zero attached hydrogens (tertiary/aromatic N) is 1. The van der Waals surface area contributed by atoms with Crippen molar-refractivity contribution in [2.45, 2.75) is 13.3 Å². The molecule has 0 aliphatic carbocycles. The lowest BCUT2D eigenvalue weighted by atomic mass is 10.2. The van der Waals surface area contributed by atoms with Crippen molar-refractivity contribution in [1.29, 1.82) is 0 Å². The molecule has 2 aromatic rings. The van der Waals surface area contributed by atoms with Gasteiger partial charge in [0.15, 0.2) is 0 Å². The van der Waals surface area contributed by atoms with Crippen LogP contribution < -0.4 is 10.1 Å². The summed E-state index contributed by atoms with van der Waals surface area (Å²) >= 11 is 5.95. The van der Waals surface area contributed by atoms with Gasteiger partial charge in [-0.2, -0.15) is 0 Å². The number of pyridine rings is 1. The van der Waals surface area contributed by atoms with Gasteiger partial charge in [-0.1, -0.05) is 30.7 Å². The molecule has 2 rings (SSSR count). The normalized spacial score (nSPS) is 10.1. The highest BCUT2D eigenvalue weighted by Gasteiger charge is 2.12. The predicted octanol–water partition coefficient (Wildman–Crippen LogP) is 3.78. The van der Waals surface area contributed by atoms with Crippen molar-refractivity contribution >= 4 is 23.2 Å². The van der Waals surface area contributed by atoms with Gasteiger partial charge in [0.25, 0.3) is 5.91 Å². The first-order valence-corrected chi connectivity index (χ1v) is 6.73. The second-order valence-electron chi connectivity index (χ2n) is 4.15. The van der Waals surface area contributed by atoms with Crippen LogP contribution in [0.4, 0.5) is 5.69 Å². The highest BCUT2D eigenvalue weighted by molar-refractivity contribution is 6.34. The van der Waals surface area contributed by atoms with Crippen LogP contribution in [0.25, 0.3) is 0 Å². The van der Waals surface area contributed by atoms with Gasteiger partial charge < -0.3 is 10.1 Å². The van der Waals surface area contributed by atoms with Crippen LogP contribution in [0.1, 0.15) is 23.7 Å². The molecule has 0 atom stereocenters. The molecule has 1 N–H and O–H groups in total. The van der Waals surface area contributed by atoms with E-state index >= 15 is 0 Å². The van der Waals surface area contributed by atoms with E-state index < -0.39 is 0 Å². The lowest BCUT2D eigenvalue weighted by molar-refractivity contribution is 0.102. The number of amides is 1. The summed E-state index contributed by atoms with van der Waals surface area (Å²) in [5.41, 5.74) is 1.01. The first-order chi connectivity index (χ1) is 9.72. The van der Waals surface area contributed by atoms with Crippen LogP contribution in [0.3, 0.4) is 0 Å². The first kappa shape index (κ1) is 14.3. The molecule has 1 aromatic heterocycles. The second-order valence-corrected chi connectivity index (χ2v) is 4.56. The van der Waals surface area contributed by atoms with E-state index in [2.05, 4.69) is 10.3 Å². The minimum Gasteiger partial charge on any atom is -0.491 e. The third kappa shape index (κ3) is 3.48. The fourth-order valence-electron chi connectivity index (χ4n) is 1.66. The predicted molar refractivity (Wildman–Crippen MR) is 79.4 cm³/mol. The Morgan fingerprint density at radius 2 is 2.15 bits per heavy atom. The summed E-state index contributed by atoms with van der Waals surface area (Å²) in [6.45, 7) is 2.63. The molecular weight excluding hydrogens is 276 g/mol. The van der Waals surface area contributed by atoms with Crippen molar-refractivity contribution in [2.24, 2.45) is 0 Å². The van der Waals surface area contributed by atoms with Gasteiger partial charge >= 0.3 is 0 Å². The number of ether oxygens (including phenoxy) is 1. The molecule has 1 aromatic carbocycles. The number of rotatable bonds is 5. The van der Waals surface area contributed by atoms with Crippen LogP contribution >= 0.6 is 11.6 Å². The van der Waals surface area contributed by atoms with Crippen molar-refractivity contribution in [1.82, 2.24) is 4.98 Å². The number of benzene rings is 1. The number of aromatic nitrogens is 1. The fraction of sp³-hybridized carbons (Fsp3) is 0.200. The van der Waals surface area contributed by atoms with Crippen molar-refractivity contribution < 1.29 is 9.53 Å². The van der Waals surface area contributed by atoms with E-state index in [9.17, 15) is 4.79 Å². The lowest BCUT2D eigenvalue weighted by Gasteiger charge is -2.12. The lowest BCUT2D eigenvalue weighted by Crippen LogP contribution is -2.13. The molecule has 0 aliphatic heterocycles. The molecule has 0 saturated carbocycles. The van der Waals surface area contributed by atoms with Crippen LogP contribution in [0, 0.1) is 0 Å². The Balaban J connectivity index is 2.18.